The molecule has 0 spiro atoms. The fourth-order valence-electron chi connectivity index (χ4n) is 8.44. The average molecular weight is 927 g/mol. The summed E-state index contributed by atoms with van der Waals surface area (Å²) in [7, 11) is 1.55. The van der Waals surface area contributed by atoms with Crippen LogP contribution in [0.1, 0.15) is 39.5 Å². The Balaban J connectivity index is 1.22. The number of rotatable bonds is 21. The van der Waals surface area contributed by atoms with E-state index in [-0.39, 0.29) is 68.1 Å². The molecule has 5 atom stereocenters. The molecule has 0 unspecified atom stereocenters. The lowest BCUT2D eigenvalue weighted by Gasteiger charge is -2.46. The predicted molar refractivity (Wildman–Crippen MR) is 262 cm³/mol. The van der Waals surface area contributed by atoms with E-state index in [9.17, 15) is 9.90 Å². The van der Waals surface area contributed by atoms with Crippen molar-refractivity contribution in [2.45, 2.75) is 63.6 Å². The fraction of sp³-hybridized carbons (Fsp3) is 0.224. The van der Waals surface area contributed by atoms with Gasteiger partial charge in [-0.3, -0.25) is 4.79 Å². The second-order valence-electron chi connectivity index (χ2n) is 16.7. The molecule has 11 heteroatoms. The molecule has 11 nitrogen and oxygen atoms in total. The van der Waals surface area contributed by atoms with E-state index < -0.39 is 35.9 Å². The summed E-state index contributed by atoms with van der Waals surface area (Å²) in [6, 6.07) is 59.2. The Hall–Kier alpha value is -7.09. The molecule has 1 saturated heterocycles. The van der Waals surface area contributed by atoms with Gasteiger partial charge in [-0.2, -0.15) is 0 Å². The smallest absolute Gasteiger partial charge is 0.197 e. The zero-order valence-electron chi connectivity index (χ0n) is 38.3. The Kier molecular flexibility index (Phi) is 15.9. The lowest BCUT2D eigenvalue weighted by Crippen LogP contribution is -2.58. The molecule has 0 bridgehead atoms. The molecule has 9 rings (SSSR count). The summed E-state index contributed by atoms with van der Waals surface area (Å²) in [6.45, 7) is 1.20. The van der Waals surface area contributed by atoms with Crippen LogP contribution in [-0.2, 0) is 61.5 Å². The maximum absolute atomic E-state index is 14.4. The third kappa shape index (κ3) is 12.0. The van der Waals surface area contributed by atoms with Crippen molar-refractivity contribution in [3.8, 4) is 28.6 Å². The van der Waals surface area contributed by atoms with Crippen LogP contribution < -0.4 is 14.9 Å². The molecule has 0 aliphatic carbocycles. The summed E-state index contributed by atoms with van der Waals surface area (Å²) in [5, 5.41) is 11.8. The highest BCUT2D eigenvalue weighted by molar-refractivity contribution is 5.90. The highest BCUT2D eigenvalue weighted by atomic mass is 16.7. The average Bonchev–Trinajstić information content (AvgIpc) is 3.39. The van der Waals surface area contributed by atoms with Crippen molar-refractivity contribution in [2.75, 3.05) is 20.5 Å². The van der Waals surface area contributed by atoms with Crippen LogP contribution in [0.15, 0.2) is 197 Å². The first-order valence-corrected chi connectivity index (χ1v) is 23.0. The third-order valence-electron chi connectivity index (χ3n) is 11.9. The number of phenolic OH excluding ortho intramolecular Hbond substituents is 1. The summed E-state index contributed by atoms with van der Waals surface area (Å²) in [5.74, 6) is 0.716. The van der Waals surface area contributed by atoms with Crippen LogP contribution in [0, 0.1) is 0 Å². The minimum Gasteiger partial charge on any atom is -0.507 e. The Morgan fingerprint density at radius 3 is 1.57 bits per heavy atom. The summed E-state index contributed by atoms with van der Waals surface area (Å²) in [5.41, 5.74) is 5.20. The van der Waals surface area contributed by atoms with E-state index in [0.29, 0.717) is 23.5 Å². The number of benzene rings is 7. The molecule has 0 amide bonds. The molecule has 69 heavy (non-hydrogen) atoms. The van der Waals surface area contributed by atoms with E-state index in [1.165, 1.54) is 12.1 Å². The maximum atomic E-state index is 14.4. The first-order valence-electron chi connectivity index (χ1n) is 23.0. The number of methoxy groups -OCH3 is 1. The first kappa shape index (κ1) is 47.0. The number of hydrogen-bond donors (Lipinski definition) is 1. The van der Waals surface area contributed by atoms with Gasteiger partial charge >= 0.3 is 0 Å². The van der Waals surface area contributed by atoms with Crippen molar-refractivity contribution in [3.05, 3.63) is 232 Å². The molecule has 352 valence electrons. The highest BCUT2D eigenvalue weighted by Crippen LogP contribution is 2.47. The van der Waals surface area contributed by atoms with Crippen LogP contribution in [0.25, 0.3) is 22.3 Å². The van der Waals surface area contributed by atoms with Crippen LogP contribution in [0.5, 0.6) is 17.2 Å². The quantitative estimate of drug-likeness (QED) is 0.0693. The van der Waals surface area contributed by atoms with Gasteiger partial charge in [0.25, 0.3) is 0 Å². The minimum absolute atomic E-state index is 0.0487. The number of aromatic hydroxyl groups is 1. The largest absolute Gasteiger partial charge is 0.507 e. The fourth-order valence-corrected chi connectivity index (χ4v) is 8.44. The van der Waals surface area contributed by atoms with Crippen molar-refractivity contribution in [3.63, 3.8) is 0 Å². The van der Waals surface area contributed by atoms with Crippen molar-refractivity contribution in [2.24, 2.45) is 0 Å². The second kappa shape index (κ2) is 23.3. The highest BCUT2D eigenvalue weighted by Gasteiger charge is 2.51. The van der Waals surface area contributed by atoms with Crippen LogP contribution in [0.3, 0.4) is 0 Å². The monoisotopic (exact) mass is 926 g/mol. The van der Waals surface area contributed by atoms with Gasteiger partial charge in [-0.15, -0.1) is 0 Å². The molecule has 1 N–H and O–H groups in total. The Morgan fingerprint density at radius 1 is 0.536 bits per heavy atom. The van der Waals surface area contributed by atoms with Gasteiger partial charge in [-0.25, -0.2) is 0 Å². The predicted octanol–water partition coefficient (Wildman–Crippen LogP) is 11.1. The van der Waals surface area contributed by atoms with Gasteiger partial charge in [0.15, 0.2) is 17.8 Å². The van der Waals surface area contributed by atoms with E-state index in [1.807, 2.05) is 152 Å². The van der Waals surface area contributed by atoms with Gasteiger partial charge in [-0.1, -0.05) is 152 Å². The first-order chi connectivity index (χ1) is 34.0. The van der Waals surface area contributed by atoms with Gasteiger partial charge in [0.2, 0.25) is 0 Å². The van der Waals surface area contributed by atoms with Crippen molar-refractivity contribution in [1.29, 1.82) is 0 Å². The van der Waals surface area contributed by atoms with Gasteiger partial charge in [0, 0.05) is 24.8 Å². The Bertz CT molecular complexity index is 2880. The molecule has 8 aromatic rings. The van der Waals surface area contributed by atoms with Gasteiger partial charge in [0.05, 0.1) is 38.6 Å². The maximum Gasteiger partial charge on any atom is 0.197 e. The third-order valence-corrected chi connectivity index (χ3v) is 11.9. The van der Waals surface area contributed by atoms with Gasteiger partial charge in [0.1, 0.15) is 65.5 Å². The SMILES string of the molecule is COCOc1ccc(-c2cc(=O)c3c(O)cc(OCc4ccccc4)c([C@@H]4O[C@H](COCc5ccccc5)[C@@H](OCc5ccccc5)[C@H](OCc5ccccc5)[C@H]4OCc4ccccc4)c3o2)cc1. The van der Waals surface area contributed by atoms with Crippen LogP contribution in [0.4, 0.5) is 0 Å². The zero-order valence-corrected chi connectivity index (χ0v) is 38.3. The summed E-state index contributed by atoms with van der Waals surface area (Å²) >= 11 is 0. The second-order valence-corrected chi connectivity index (χ2v) is 16.7. The van der Waals surface area contributed by atoms with Crippen molar-refractivity contribution >= 4 is 11.0 Å². The summed E-state index contributed by atoms with van der Waals surface area (Å²) in [6.07, 6.45) is -4.34. The molecule has 0 saturated carbocycles. The molecule has 1 aliphatic rings. The van der Waals surface area contributed by atoms with Crippen LogP contribution in [-0.4, -0.2) is 50.0 Å². The van der Waals surface area contributed by atoms with E-state index in [2.05, 4.69) is 0 Å². The summed E-state index contributed by atoms with van der Waals surface area (Å²) in [4.78, 5) is 14.4. The molecule has 1 fully saturated rings. The topological polar surface area (TPSA) is 124 Å². The molecule has 0 radical (unpaired) electrons. The van der Waals surface area contributed by atoms with Crippen LogP contribution >= 0.6 is 0 Å². The van der Waals surface area contributed by atoms with E-state index in [0.717, 1.165) is 27.8 Å². The Labute approximate surface area is 401 Å². The van der Waals surface area contributed by atoms with Crippen LogP contribution in [0.2, 0.25) is 0 Å². The molecule has 2 heterocycles. The normalized spacial score (nSPS) is 18.0. The van der Waals surface area contributed by atoms with E-state index >= 15 is 0 Å². The molecule has 7 aromatic carbocycles. The molecular weight excluding hydrogens is 873 g/mol. The number of phenols is 1. The number of fused-ring (bicyclic) bond motifs is 1. The van der Waals surface area contributed by atoms with E-state index in [1.54, 1.807) is 31.4 Å². The van der Waals surface area contributed by atoms with Gasteiger partial charge < -0.3 is 47.4 Å². The number of hydrogen-bond acceptors (Lipinski definition) is 11. The summed E-state index contributed by atoms with van der Waals surface area (Å²) < 4.78 is 59.3. The lowest BCUT2D eigenvalue weighted by atomic mass is 9.88. The lowest BCUT2D eigenvalue weighted by molar-refractivity contribution is -0.275. The molecule has 1 aromatic heterocycles. The minimum atomic E-state index is -1.06. The van der Waals surface area contributed by atoms with E-state index in [4.69, 9.17) is 42.3 Å². The standard InChI is InChI=1S/C58H54O11/c1-61-39-67-46-29-27-45(28-30-46)49-31-47(59)52-48(60)32-50(63-34-41-19-9-3-10-20-41)53(55(52)68-49)56-58(66-37-44-25-15-6-16-26-44)57(65-36-43-23-13-5-14-24-43)54(64-35-42-21-11-4-12-22-42)51(69-56)38-62-33-40-17-7-2-8-18-40/h2-32,51,54,56-58,60H,33-39H2,1H3/t51-,54-,56+,57+,58+/m1/s1. The zero-order chi connectivity index (χ0) is 47.2. The Morgan fingerprint density at radius 2 is 1.03 bits per heavy atom. The van der Waals surface area contributed by atoms with Gasteiger partial charge in [-0.05, 0) is 52.1 Å². The molecule has 1 aliphatic heterocycles. The van der Waals surface area contributed by atoms with Crippen molar-refractivity contribution < 1.29 is 47.4 Å². The molecular formula is C58H54O11. The van der Waals surface area contributed by atoms with Crippen molar-refractivity contribution in [1.82, 2.24) is 0 Å². The number of ether oxygens (including phenoxy) is 8.